The van der Waals surface area contributed by atoms with Crippen molar-refractivity contribution < 1.29 is 24.2 Å². The second-order valence-electron chi connectivity index (χ2n) is 5.41. The Labute approximate surface area is 129 Å². The van der Waals surface area contributed by atoms with E-state index in [4.69, 9.17) is 14.6 Å². The molecule has 120 valence electrons. The number of carboxylic acids is 1. The van der Waals surface area contributed by atoms with Crippen LogP contribution < -0.4 is 0 Å². The van der Waals surface area contributed by atoms with E-state index in [0.29, 0.717) is 19.4 Å². The van der Waals surface area contributed by atoms with Crippen LogP contribution in [0, 0.1) is 5.92 Å². The predicted molar refractivity (Wildman–Crippen MR) is 79.4 cm³/mol. The van der Waals surface area contributed by atoms with Gasteiger partial charge in [0.15, 0.2) is 0 Å². The van der Waals surface area contributed by atoms with E-state index < -0.39 is 18.0 Å². The van der Waals surface area contributed by atoms with Crippen molar-refractivity contribution in [1.82, 2.24) is 4.90 Å². The molecule has 0 bridgehead atoms. The summed E-state index contributed by atoms with van der Waals surface area (Å²) in [5.74, 6) is -1.42. The van der Waals surface area contributed by atoms with E-state index >= 15 is 0 Å². The molecule has 1 aromatic rings. The number of ether oxygens (including phenoxy) is 2. The molecular weight excluding hydrogens is 286 g/mol. The number of methoxy groups -OCH3 is 1. The summed E-state index contributed by atoms with van der Waals surface area (Å²) < 4.78 is 10.4. The first kappa shape index (κ1) is 16.3. The molecular formula is C16H21NO5. The lowest BCUT2D eigenvalue weighted by Gasteiger charge is -2.37. The van der Waals surface area contributed by atoms with E-state index in [-0.39, 0.29) is 19.2 Å². The molecule has 22 heavy (non-hydrogen) atoms. The largest absolute Gasteiger partial charge is 0.481 e. The molecule has 0 unspecified atom stereocenters. The summed E-state index contributed by atoms with van der Waals surface area (Å²) in [5.41, 5.74) is 0.894. The van der Waals surface area contributed by atoms with Crippen LogP contribution in [-0.4, -0.2) is 48.4 Å². The molecule has 6 heteroatoms. The number of piperidine rings is 1. The zero-order valence-electron chi connectivity index (χ0n) is 12.6. The molecule has 0 aliphatic carbocycles. The third-order valence-electron chi connectivity index (χ3n) is 3.85. The SMILES string of the molecule is COC[C@@H]1CC[C@H](C(=O)O)CN1C(=O)OCc1ccccc1. The Morgan fingerprint density at radius 3 is 2.64 bits per heavy atom. The average Bonchev–Trinajstić information content (AvgIpc) is 2.54. The van der Waals surface area contributed by atoms with E-state index in [1.54, 1.807) is 7.11 Å². The summed E-state index contributed by atoms with van der Waals surface area (Å²) >= 11 is 0. The molecule has 1 saturated heterocycles. The van der Waals surface area contributed by atoms with Gasteiger partial charge in [-0.2, -0.15) is 0 Å². The van der Waals surface area contributed by atoms with E-state index in [1.165, 1.54) is 4.90 Å². The fraction of sp³-hybridized carbons (Fsp3) is 0.500. The molecule has 1 aromatic carbocycles. The first-order chi connectivity index (χ1) is 10.6. The first-order valence-corrected chi connectivity index (χ1v) is 7.31. The fourth-order valence-corrected chi connectivity index (χ4v) is 2.62. The van der Waals surface area contributed by atoms with E-state index in [9.17, 15) is 9.59 Å². The van der Waals surface area contributed by atoms with Gasteiger partial charge in [-0.25, -0.2) is 4.79 Å². The second kappa shape index (κ2) is 7.79. The molecule has 1 aliphatic heterocycles. The van der Waals surface area contributed by atoms with E-state index in [1.807, 2.05) is 30.3 Å². The maximum atomic E-state index is 12.3. The highest BCUT2D eigenvalue weighted by atomic mass is 16.6. The summed E-state index contributed by atoms with van der Waals surface area (Å²) in [6, 6.07) is 9.24. The molecule has 1 heterocycles. The number of aliphatic carboxylic acids is 1. The zero-order chi connectivity index (χ0) is 15.9. The minimum Gasteiger partial charge on any atom is -0.481 e. The Balaban J connectivity index is 1.97. The van der Waals surface area contributed by atoms with Crippen molar-refractivity contribution in [3.05, 3.63) is 35.9 Å². The highest BCUT2D eigenvalue weighted by Crippen LogP contribution is 2.23. The summed E-state index contributed by atoms with van der Waals surface area (Å²) in [5, 5.41) is 9.15. The minimum atomic E-state index is -0.878. The summed E-state index contributed by atoms with van der Waals surface area (Å²) in [6.07, 6.45) is 0.661. The molecule has 0 aromatic heterocycles. The molecule has 1 amide bonds. The average molecular weight is 307 g/mol. The van der Waals surface area contributed by atoms with Gasteiger partial charge in [0.05, 0.1) is 18.6 Å². The molecule has 2 atom stereocenters. The smallest absolute Gasteiger partial charge is 0.410 e. The highest BCUT2D eigenvalue weighted by molar-refractivity contribution is 5.73. The monoisotopic (exact) mass is 307 g/mol. The Hall–Kier alpha value is -2.08. The van der Waals surface area contributed by atoms with Crippen molar-refractivity contribution in [3.63, 3.8) is 0 Å². The van der Waals surface area contributed by atoms with Gasteiger partial charge in [0.1, 0.15) is 6.61 Å². The second-order valence-corrected chi connectivity index (χ2v) is 5.41. The normalized spacial score (nSPS) is 21.4. The number of hydrogen-bond acceptors (Lipinski definition) is 4. The minimum absolute atomic E-state index is 0.135. The molecule has 0 radical (unpaired) electrons. The van der Waals surface area contributed by atoms with Crippen LogP contribution in [0.25, 0.3) is 0 Å². The number of nitrogens with zero attached hydrogens (tertiary/aromatic N) is 1. The van der Waals surface area contributed by atoms with Crippen molar-refractivity contribution in [2.24, 2.45) is 5.92 Å². The maximum absolute atomic E-state index is 12.3. The van der Waals surface area contributed by atoms with Crippen LogP contribution in [0.3, 0.4) is 0 Å². The molecule has 0 saturated carbocycles. The van der Waals surface area contributed by atoms with Gasteiger partial charge in [-0.3, -0.25) is 4.79 Å². The molecule has 2 rings (SSSR count). The van der Waals surface area contributed by atoms with Gasteiger partial charge in [-0.15, -0.1) is 0 Å². The van der Waals surface area contributed by atoms with Crippen molar-refractivity contribution in [2.75, 3.05) is 20.3 Å². The van der Waals surface area contributed by atoms with E-state index in [0.717, 1.165) is 5.56 Å². The Bertz CT molecular complexity index is 505. The molecule has 1 aliphatic rings. The number of carbonyl (C=O) groups is 2. The van der Waals surface area contributed by atoms with Gasteiger partial charge in [-0.05, 0) is 18.4 Å². The molecule has 0 spiro atoms. The number of amides is 1. The number of likely N-dealkylation sites (tertiary alicyclic amines) is 1. The predicted octanol–water partition coefficient (Wildman–Crippen LogP) is 2.13. The van der Waals surface area contributed by atoms with Gasteiger partial charge in [0, 0.05) is 13.7 Å². The number of benzene rings is 1. The van der Waals surface area contributed by atoms with Crippen LogP contribution >= 0.6 is 0 Å². The van der Waals surface area contributed by atoms with Gasteiger partial charge in [-0.1, -0.05) is 30.3 Å². The first-order valence-electron chi connectivity index (χ1n) is 7.31. The summed E-state index contributed by atoms with van der Waals surface area (Å²) in [7, 11) is 1.57. The van der Waals surface area contributed by atoms with Gasteiger partial charge in [0.25, 0.3) is 0 Å². The van der Waals surface area contributed by atoms with Crippen molar-refractivity contribution in [3.8, 4) is 0 Å². The van der Waals surface area contributed by atoms with Gasteiger partial charge >= 0.3 is 12.1 Å². The number of carbonyl (C=O) groups excluding carboxylic acids is 1. The topological polar surface area (TPSA) is 76.1 Å². The lowest BCUT2D eigenvalue weighted by Crippen LogP contribution is -2.50. The number of carboxylic acid groups (broad SMARTS) is 1. The third-order valence-corrected chi connectivity index (χ3v) is 3.85. The Kier molecular flexibility index (Phi) is 5.77. The van der Waals surface area contributed by atoms with Gasteiger partial charge < -0.3 is 19.5 Å². The fourth-order valence-electron chi connectivity index (χ4n) is 2.62. The lowest BCUT2D eigenvalue weighted by molar-refractivity contribution is -0.144. The van der Waals surface area contributed by atoms with Crippen LogP contribution in [-0.2, 0) is 20.9 Å². The Morgan fingerprint density at radius 1 is 1.27 bits per heavy atom. The van der Waals surface area contributed by atoms with Crippen LogP contribution in [0.4, 0.5) is 4.79 Å². The van der Waals surface area contributed by atoms with Crippen molar-refractivity contribution in [2.45, 2.75) is 25.5 Å². The van der Waals surface area contributed by atoms with Gasteiger partial charge in [0.2, 0.25) is 0 Å². The molecule has 6 nitrogen and oxygen atoms in total. The third kappa shape index (κ3) is 4.21. The number of rotatable bonds is 5. The highest BCUT2D eigenvalue weighted by Gasteiger charge is 2.35. The molecule has 1 N–H and O–H groups in total. The lowest BCUT2D eigenvalue weighted by atomic mass is 9.93. The van der Waals surface area contributed by atoms with Crippen LogP contribution in [0.2, 0.25) is 0 Å². The Morgan fingerprint density at radius 2 is 2.00 bits per heavy atom. The van der Waals surface area contributed by atoms with E-state index in [2.05, 4.69) is 0 Å². The van der Waals surface area contributed by atoms with Crippen molar-refractivity contribution in [1.29, 1.82) is 0 Å². The van der Waals surface area contributed by atoms with Crippen LogP contribution in [0.15, 0.2) is 30.3 Å². The zero-order valence-corrected chi connectivity index (χ0v) is 12.6. The van der Waals surface area contributed by atoms with Crippen molar-refractivity contribution >= 4 is 12.1 Å². The van der Waals surface area contributed by atoms with Crippen LogP contribution in [0.1, 0.15) is 18.4 Å². The number of hydrogen-bond donors (Lipinski definition) is 1. The summed E-state index contributed by atoms with van der Waals surface area (Å²) in [6.45, 7) is 0.720. The quantitative estimate of drug-likeness (QED) is 0.902. The standard InChI is InChI=1S/C16H21NO5/c1-21-11-14-8-7-13(15(18)19)9-17(14)16(20)22-10-12-5-3-2-4-6-12/h2-6,13-14H,7-11H2,1H3,(H,18,19)/t13-,14-/m0/s1. The molecule has 1 fully saturated rings. The maximum Gasteiger partial charge on any atom is 0.410 e. The summed E-state index contributed by atoms with van der Waals surface area (Å²) in [4.78, 5) is 24.9. The van der Waals surface area contributed by atoms with Crippen LogP contribution in [0.5, 0.6) is 0 Å².